The molecule has 3 aromatic rings. The Labute approximate surface area is 213 Å². The number of benzene rings is 2. The molecule has 1 atom stereocenters. The summed E-state index contributed by atoms with van der Waals surface area (Å²) in [5.41, 5.74) is -3.58. The molecule has 0 saturated carbocycles. The van der Waals surface area contributed by atoms with Crippen LogP contribution in [0.15, 0.2) is 48.7 Å². The monoisotopic (exact) mass is 537 g/mol. The Morgan fingerprint density at radius 2 is 1.89 bits per heavy atom. The van der Waals surface area contributed by atoms with Crippen LogP contribution >= 0.6 is 11.6 Å². The molecule has 7 nitrogen and oxygen atoms in total. The molecular formula is C25H20ClF4N3O4. The van der Waals surface area contributed by atoms with Gasteiger partial charge in [-0.3, -0.25) is 9.59 Å². The van der Waals surface area contributed by atoms with Crippen molar-refractivity contribution in [2.75, 3.05) is 23.4 Å². The maximum absolute atomic E-state index is 14.9. The molecule has 4 rings (SSSR count). The summed E-state index contributed by atoms with van der Waals surface area (Å²) in [5, 5.41) is 22.5. The molecule has 37 heavy (non-hydrogen) atoms. The van der Waals surface area contributed by atoms with Crippen LogP contribution in [0, 0.1) is 18.6 Å². The van der Waals surface area contributed by atoms with Crippen molar-refractivity contribution in [1.29, 1.82) is 0 Å². The number of nitrogens with one attached hydrogen (secondary N) is 1. The van der Waals surface area contributed by atoms with Gasteiger partial charge in [0.05, 0.1) is 17.9 Å². The normalized spacial score (nSPS) is 18.6. The molecule has 0 saturated heterocycles. The van der Waals surface area contributed by atoms with E-state index in [0.717, 1.165) is 35.4 Å². The predicted molar refractivity (Wildman–Crippen MR) is 127 cm³/mol. The molecule has 194 valence electrons. The minimum absolute atomic E-state index is 0.0166. The van der Waals surface area contributed by atoms with E-state index in [4.69, 9.17) is 11.6 Å². The number of alkyl halides is 2. The average molecular weight is 538 g/mol. The largest absolute Gasteiger partial charge is 0.393 e. The highest BCUT2D eigenvalue weighted by molar-refractivity contribution is 6.30. The van der Waals surface area contributed by atoms with Crippen LogP contribution in [0.1, 0.15) is 38.3 Å². The number of aromatic nitrogens is 1. The molecule has 0 radical (unpaired) electrons. The van der Waals surface area contributed by atoms with Crippen molar-refractivity contribution in [1.82, 2.24) is 4.98 Å². The molecule has 0 bridgehead atoms. The maximum atomic E-state index is 14.9. The van der Waals surface area contributed by atoms with Crippen LogP contribution in [0.4, 0.5) is 29.1 Å². The zero-order valence-electron chi connectivity index (χ0n) is 19.2. The standard InChI is InChI=1S/C25H20ClF4N3O4/c1-13-2-4-16(27)10-17(13)22(35)32-21-19(28)8-14(11-31-21)23(36)33-7-6-25(29,30)24(37,12-34)18-9-15(26)3-5-20(18)33/h2-5,8-11,34,37H,6-7,12H2,1H3,(H,31,32,35)/t24-/m0/s1. The van der Waals surface area contributed by atoms with Gasteiger partial charge in [0.2, 0.25) is 0 Å². The molecule has 1 aliphatic rings. The van der Waals surface area contributed by atoms with Gasteiger partial charge in [0.25, 0.3) is 17.7 Å². The summed E-state index contributed by atoms with van der Waals surface area (Å²) < 4.78 is 58.1. The molecule has 1 aromatic heterocycles. The number of aliphatic hydroxyl groups excluding tert-OH is 1. The molecule has 3 N–H and O–H groups in total. The van der Waals surface area contributed by atoms with Crippen molar-refractivity contribution in [2.24, 2.45) is 0 Å². The molecule has 12 heteroatoms. The Morgan fingerprint density at radius 1 is 1.16 bits per heavy atom. The van der Waals surface area contributed by atoms with Gasteiger partial charge in [0.1, 0.15) is 5.82 Å². The van der Waals surface area contributed by atoms with Crippen LogP contribution in [0.2, 0.25) is 5.02 Å². The average Bonchev–Trinajstić information content (AvgIpc) is 2.94. The summed E-state index contributed by atoms with van der Waals surface area (Å²) in [7, 11) is 0. The van der Waals surface area contributed by atoms with Crippen molar-refractivity contribution >= 4 is 34.9 Å². The number of hydrogen-bond acceptors (Lipinski definition) is 5. The van der Waals surface area contributed by atoms with E-state index in [1.807, 2.05) is 0 Å². The predicted octanol–water partition coefficient (Wildman–Crippen LogP) is 4.44. The zero-order valence-corrected chi connectivity index (χ0v) is 20.0. The van der Waals surface area contributed by atoms with Gasteiger partial charge in [0.15, 0.2) is 17.2 Å². The summed E-state index contributed by atoms with van der Waals surface area (Å²) >= 11 is 5.94. The number of nitrogens with zero attached hydrogens (tertiary/aromatic N) is 2. The first-order chi connectivity index (χ1) is 17.4. The smallest absolute Gasteiger partial charge is 0.284 e. The molecule has 2 aromatic carbocycles. The minimum atomic E-state index is -3.83. The van der Waals surface area contributed by atoms with Gasteiger partial charge in [-0.2, -0.15) is 0 Å². The van der Waals surface area contributed by atoms with E-state index in [1.165, 1.54) is 18.2 Å². The summed E-state index contributed by atoms with van der Waals surface area (Å²) in [4.78, 5) is 30.4. The Kier molecular flexibility index (Phi) is 6.97. The summed E-state index contributed by atoms with van der Waals surface area (Å²) in [6, 6.07) is 7.86. The number of hydrogen-bond donors (Lipinski definition) is 3. The van der Waals surface area contributed by atoms with Gasteiger partial charge in [-0.05, 0) is 48.9 Å². The highest BCUT2D eigenvalue weighted by Gasteiger charge is 2.56. The Balaban J connectivity index is 1.66. The topological polar surface area (TPSA) is 103 Å². The first-order valence-electron chi connectivity index (χ1n) is 10.9. The van der Waals surface area contributed by atoms with E-state index in [0.29, 0.717) is 5.56 Å². The molecule has 0 fully saturated rings. The fourth-order valence-electron chi connectivity index (χ4n) is 4.08. The third-order valence-electron chi connectivity index (χ3n) is 6.19. The highest BCUT2D eigenvalue weighted by Crippen LogP contribution is 2.47. The molecule has 1 aliphatic heterocycles. The number of fused-ring (bicyclic) bond motifs is 1. The number of anilines is 2. The van der Waals surface area contributed by atoms with Gasteiger partial charge >= 0.3 is 0 Å². The number of aliphatic hydroxyl groups is 2. The third-order valence-corrected chi connectivity index (χ3v) is 6.42. The highest BCUT2D eigenvalue weighted by atomic mass is 35.5. The molecule has 2 amide bonds. The van der Waals surface area contributed by atoms with Crippen LogP contribution in [0.5, 0.6) is 0 Å². The van der Waals surface area contributed by atoms with Crippen molar-refractivity contribution in [2.45, 2.75) is 24.9 Å². The number of aryl methyl sites for hydroxylation is 1. The number of carbonyl (C=O) groups is 2. The van der Waals surface area contributed by atoms with Crippen molar-refractivity contribution < 1.29 is 37.4 Å². The van der Waals surface area contributed by atoms with Crippen LogP contribution in [-0.2, 0) is 5.60 Å². The first kappa shape index (κ1) is 26.5. The van der Waals surface area contributed by atoms with Gasteiger partial charge in [-0.25, -0.2) is 22.5 Å². The Morgan fingerprint density at radius 3 is 2.57 bits per heavy atom. The van der Waals surface area contributed by atoms with Gasteiger partial charge in [0, 0.05) is 35.3 Å². The SMILES string of the molecule is Cc1ccc(F)cc1C(=O)Nc1ncc(C(=O)N2CCC(F)(F)[C@](O)(CO)c3cc(Cl)ccc32)cc1F. The second-order valence-electron chi connectivity index (χ2n) is 8.56. The van der Waals surface area contributed by atoms with E-state index >= 15 is 0 Å². The second-order valence-corrected chi connectivity index (χ2v) is 9.00. The summed E-state index contributed by atoms with van der Waals surface area (Å²) in [6.45, 7) is -0.361. The number of pyridine rings is 1. The lowest BCUT2D eigenvalue weighted by atomic mass is 9.86. The number of amides is 2. The van der Waals surface area contributed by atoms with Crippen molar-refractivity contribution in [3.63, 3.8) is 0 Å². The molecule has 0 spiro atoms. The van der Waals surface area contributed by atoms with Crippen LogP contribution in [0.3, 0.4) is 0 Å². The lowest BCUT2D eigenvalue weighted by Crippen LogP contribution is -2.48. The summed E-state index contributed by atoms with van der Waals surface area (Å²) in [6.07, 6.45) is -0.0739. The van der Waals surface area contributed by atoms with Crippen LogP contribution in [0.25, 0.3) is 0 Å². The third kappa shape index (κ3) is 4.77. The number of rotatable bonds is 4. The molecule has 0 aliphatic carbocycles. The number of halogens is 5. The van der Waals surface area contributed by atoms with Crippen molar-refractivity contribution in [3.05, 3.63) is 87.6 Å². The molecular weight excluding hydrogens is 518 g/mol. The Hall–Kier alpha value is -3.54. The van der Waals surface area contributed by atoms with E-state index in [2.05, 4.69) is 10.3 Å². The van der Waals surface area contributed by atoms with E-state index in [1.54, 1.807) is 6.92 Å². The second kappa shape index (κ2) is 9.73. The van der Waals surface area contributed by atoms with Gasteiger partial charge in [-0.1, -0.05) is 17.7 Å². The summed E-state index contributed by atoms with van der Waals surface area (Å²) in [5.74, 6) is -7.88. The zero-order chi connectivity index (χ0) is 27.1. The Bertz CT molecular complexity index is 1400. The minimum Gasteiger partial charge on any atom is -0.393 e. The quantitative estimate of drug-likeness (QED) is 0.427. The molecule has 2 heterocycles. The van der Waals surface area contributed by atoms with Crippen LogP contribution in [-0.4, -0.2) is 46.1 Å². The first-order valence-corrected chi connectivity index (χ1v) is 11.3. The maximum Gasteiger partial charge on any atom is 0.284 e. The van der Waals surface area contributed by atoms with Crippen molar-refractivity contribution in [3.8, 4) is 0 Å². The van der Waals surface area contributed by atoms with Crippen LogP contribution < -0.4 is 10.2 Å². The van der Waals surface area contributed by atoms with E-state index in [9.17, 15) is 37.4 Å². The lowest BCUT2D eigenvalue weighted by molar-refractivity contribution is -0.205. The van der Waals surface area contributed by atoms with E-state index in [-0.39, 0.29) is 21.8 Å². The van der Waals surface area contributed by atoms with E-state index < -0.39 is 65.9 Å². The molecule has 0 unspecified atom stereocenters. The number of carbonyl (C=O) groups excluding carboxylic acids is 2. The van der Waals surface area contributed by atoms with Gasteiger partial charge in [-0.15, -0.1) is 0 Å². The fourth-order valence-corrected chi connectivity index (χ4v) is 4.25. The van der Waals surface area contributed by atoms with Gasteiger partial charge < -0.3 is 20.4 Å². The fraction of sp³-hybridized carbons (Fsp3) is 0.240. The lowest BCUT2D eigenvalue weighted by Gasteiger charge is -2.33.